The summed E-state index contributed by atoms with van der Waals surface area (Å²) in [6, 6.07) is 13.7. The van der Waals surface area contributed by atoms with Gasteiger partial charge in [-0.05, 0) is 61.5 Å². The minimum Gasteiger partial charge on any atom is -0.497 e. The van der Waals surface area contributed by atoms with E-state index in [-0.39, 0.29) is 0 Å². The Hall–Kier alpha value is -2.40. The molecule has 0 saturated carbocycles. The summed E-state index contributed by atoms with van der Waals surface area (Å²) >= 11 is 5.20. The quantitative estimate of drug-likeness (QED) is 0.514. The van der Waals surface area contributed by atoms with Gasteiger partial charge in [0.15, 0.2) is 5.11 Å². The number of hydrogen-bond acceptors (Lipinski definition) is 3. The van der Waals surface area contributed by atoms with Crippen molar-refractivity contribution in [3.05, 3.63) is 59.2 Å². The van der Waals surface area contributed by atoms with Crippen LogP contribution >= 0.6 is 12.2 Å². The standard InChI is InChI=1S/C17H19N3OS/c1-12-4-5-14(13(2)10-12)11-18-20-17(22)19-15-6-8-16(21-3)9-7-15/h4-11H,1-3H3,(H2,19,20,22)/b18-11+. The number of rotatable bonds is 4. The number of anilines is 1. The van der Waals surface area contributed by atoms with E-state index in [1.807, 2.05) is 30.3 Å². The summed E-state index contributed by atoms with van der Waals surface area (Å²) in [5.41, 5.74) is 7.16. The molecule has 5 heteroatoms. The van der Waals surface area contributed by atoms with E-state index >= 15 is 0 Å². The Kier molecular flexibility index (Phi) is 5.49. The van der Waals surface area contributed by atoms with Gasteiger partial charge in [0.2, 0.25) is 0 Å². The lowest BCUT2D eigenvalue weighted by Crippen LogP contribution is -2.23. The fraction of sp³-hybridized carbons (Fsp3) is 0.176. The number of nitrogens with zero attached hydrogens (tertiary/aromatic N) is 1. The molecule has 0 saturated heterocycles. The van der Waals surface area contributed by atoms with E-state index in [1.165, 1.54) is 11.1 Å². The van der Waals surface area contributed by atoms with Gasteiger partial charge in [0.05, 0.1) is 13.3 Å². The Labute approximate surface area is 136 Å². The van der Waals surface area contributed by atoms with Gasteiger partial charge in [-0.25, -0.2) is 0 Å². The SMILES string of the molecule is COc1ccc(NC(=S)N/N=C/c2ccc(C)cc2C)cc1. The summed E-state index contributed by atoms with van der Waals surface area (Å²) in [6.45, 7) is 4.13. The van der Waals surface area contributed by atoms with E-state index in [2.05, 4.69) is 41.8 Å². The van der Waals surface area contributed by atoms with Gasteiger partial charge >= 0.3 is 0 Å². The van der Waals surface area contributed by atoms with Gasteiger partial charge in [0.25, 0.3) is 0 Å². The molecule has 0 spiro atoms. The summed E-state index contributed by atoms with van der Waals surface area (Å²) in [4.78, 5) is 0. The maximum absolute atomic E-state index is 5.20. The van der Waals surface area contributed by atoms with Crippen LogP contribution in [0.3, 0.4) is 0 Å². The van der Waals surface area contributed by atoms with Crippen molar-refractivity contribution in [1.29, 1.82) is 0 Å². The number of methoxy groups -OCH3 is 1. The first-order valence-corrected chi connectivity index (χ1v) is 7.30. The average molecular weight is 313 g/mol. The minimum absolute atomic E-state index is 0.436. The molecule has 114 valence electrons. The fourth-order valence-corrected chi connectivity index (χ4v) is 2.13. The molecule has 0 aliphatic heterocycles. The van der Waals surface area contributed by atoms with Crippen LogP contribution in [0.4, 0.5) is 5.69 Å². The highest BCUT2D eigenvalue weighted by atomic mass is 32.1. The van der Waals surface area contributed by atoms with Crippen LogP contribution in [-0.2, 0) is 0 Å². The fourth-order valence-electron chi connectivity index (χ4n) is 1.96. The van der Waals surface area contributed by atoms with Gasteiger partial charge in [-0.2, -0.15) is 5.10 Å². The molecular weight excluding hydrogens is 294 g/mol. The van der Waals surface area contributed by atoms with Crippen LogP contribution < -0.4 is 15.5 Å². The Morgan fingerprint density at radius 3 is 2.50 bits per heavy atom. The van der Waals surface area contributed by atoms with Crippen molar-refractivity contribution in [2.75, 3.05) is 12.4 Å². The molecule has 0 bridgehead atoms. The molecule has 2 rings (SSSR count). The number of ether oxygens (including phenoxy) is 1. The third kappa shape index (κ3) is 4.56. The molecule has 0 heterocycles. The van der Waals surface area contributed by atoms with Crippen molar-refractivity contribution in [1.82, 2.24) is 5.43 Å². The molecule has 0 aliphatic carbocycles. The molecule has 4 nitrogen and oxygen atoms in total. The van der Waals surface area contributed by atoms with Gasteiger partial charge < -0.3 is 10.1 Å². The highest BCUT2D eigenvalue weighted by Gasteiger charge is 1.98. The van der Waals surface area contributed by atoms with Crippen molar-refractivity contribution in [2.45, 2.75) is 13.8 Å². The predicted molar refractivity (Wildman–Crippen MR) is 95.9 cm³/mol. The smallest absolute Gasteiger partial charge is 0.191 e. The zero-order valence-electron chi connectivity index (χ0n) is 12.9. The van der Waals surface area contributed by atoms with Gasteiger partial charge in [-0.3, -0.25) is 5.43 Å². The predicted octanol–water partition coefficient (Wildman–Crippen LogP) is 3.63. The lowest BCUT2D eigenvalue weighted by molar-refractivity contribution is 0.415. The van der Waals surface area contributed by atoms with Gasteiger partial charge in [0.1, 0.15) is 5.75 Å². The molecule has 2 N–H and O–H groups in total. The van der Waals surface area contributed by atoms with E-state index in [0.29, 0.717) is 5.11 Å². The highest BCUT2D eigenvalue weighted by molar-refractivity contribution is 7.80. The molecule has 0 amide bonds. The summed E-state index contributed by atoms with van der Waals surface area (Å²) < 4.78 is 5.11. The van der Waals surface area contributed by atoms with Crippen molar-refractivity contribution in [2.24, 2.45) is 5.10 Å². The van der Waals surface area contributed by atoms with Crippen molar-refractivity contribution in [3.63, 3.8) is 0 Å². The lowest BCUT2D eigenvalue weighted by atomic mass is 10.1. The van der Waals surface area contributed by atoms with Crippen LogP contribution in [0.5, 0.6) is 5.75 Å². The molecule has 0 aliphatic rings. The van der Waals surface area contributed by atoms with Crippen LogP contribution in [0.1, 0.15) is 16.7 Å². The van der Waals surface area contributed by atoms with Crippen molar-refractivity contribution < 1.29 is 4.74 Å². The normalized spacial score (nSPS) is 10.5. The van der Waals surface area contributed by atoms with E-state index in [1.54, 1.807) is 13.3 Å². The van der Waals surface area contributed by atoms with Crippen LogP contribution in [0.25, 0.3) is 0 Å². The summed E-state index contributed by atoms with van der Waals surface area (Å²) in [5, 5.41) is 7.65. The van der Waals surface area contributed by atoms with Crippen LogP contribution in [0, 0.1) is 13.8 Å². The maximum atomic E-state index is 5.20. The second-order valence-electron chi connectivity index (χ2n) is 4.91. The number of thiocarbonyl (C=S) groups is 1. The van der Waals surface area contributed by atoms with E-state index < -0.39 is 0 Å². The molecule has 0 atom stereocenters. The number of hydrazone groups is 1. The molecule has 0 aromatic heterocycles. The summed E-state index contributed by atoms with van der Waals surface area (Å²) in [5.74, 6) is 0.803. The molecule has 2 aromatic carbocycles. The third-order valence-electron chi connectivity index (χ3n) is 3.14. The third-order valence-corrected chi connectivity index (χ3v) is 3.34. The number of hydrogen-bond donors (Lipinski definition) is 2. The van der Waals surface area contributed by atoms with Crippen LogP contribution in [-0.4, -0.2) is 18.4 Å². The van der Waals surface area contributed by atoms with E-state index in [4.69, 9.17) is 17.0 Å². The monoisotopic (exact) mass is 313 g/mol. The minimum atomic E-state index is 0.436. The van der Waals surface area contributed by atoms with Crippen LogP contribution in [0.15, 0.2) is 47.6 Å². The Morgan fingerprint density at radius 2 is 1.86 bits per heavy atom. The molecule has 0 fully saturated rings. The van der Waals surface area contributed by atoms with Gasteiger partial charge in [0, 0.05) is 5.69 Å². The Balaban J connectivity index is 1.90. The molecule has 22 heavy (non-hydrogen) atoms. The summed E-state index contributed by atoms with van der Waals surface area (Å²) in [7, 11) is 1.64. The average Bonchev–Trinajstić information content (AvgIpc) is 2.50. The second-order valence-corrected chi connectivity index (χ2v) is 5.32. The summed E-state index contributed by atoms with van der Waals surface area (Å²) in [6.07, 6.45) is 1.76. The lowest BCUT2D eigenvalue weighted by Gasteiger charge is -2.08. The maximum Gasteiger partial charge on any atom is 0.191 e. The van der Waals surface area contributed by atoms with E-state index in [9.17, 15) is 0 Å². The first-order valence-electron chi connectivity index (χ1n) is 6.90. The second kappa shape index (κ2) is 7.56. The molecule has 0 unspecified atom stereocenters. The van der Waals surface area contributed by atoms with Gasteiger partial charge in [-0.1, -0.05) is 23.8 Å². The largest absolute Gasteiger partial charge is 0.497 e. The van der Waals surface area contributed by atoms with Crippen LogP contribution in [0.2, 0.25) is 0 Å². The topological polar surface area (TPSA) is 45.6 Å². The zero-order chi connectivity index (χ0) is 15.9. The zero-order valence-corrected chi connectivity index (χ0v) is 13.7. The number of benzene rings is 2. The van der Waals surface area contributed by atoms with Crippen molar-refractivity contribution >= 4 is 29.2 Å². The number of nitrogens with one attached hydrogen (secondary N) is 2. The Morgan fingerprint density at radius 1 is 1.14 bits per heavy atom. The highest BCUT2D eigenvalue weighted by Crippen LogP contribution is 2.14. The molecular formula is C17H19N3OS. The Bertz CT molecular complexity index is 681. The van der Waals surface area contributed by atoms with Crippen molar-refractivity contribution in [3.8, 4) is 5.75 Å². The van der Waals surface area contributed by atoms with Gasteiger partial charge in [-0.15, -0.1) is 0 Å². The number of aryl methyl sites for hydroxylation is 2. The first kappa shape index (κ1) is 16.0. The molecule has 0 radical (unpaired) electrons. The first-order chi connectivity index (χ1) is 10.6. The molecule has 2 aromatic rings. The van der Waals surface area contributed by atoms with E-state index in [0.717, 1.165) is 17.0 Å².